The van der Waals surface area contributed by atoms with E-state index in [1.165, 1.54) is 18.2 Å². The summed E-state index contributed by atoms with van der Waals surface area (Å²) in [5.74, 6) is -0.271. The number of carbonyl (C=O) groups is 1. The number of benzene rings is 1. The molecule has 116 valence electrons. The van der Waals surface area contributed by atoms with Gasteiger partial charge in [-0.3, -0.25) is 14.9 Å². The zero-order valence-electron chi connectivity index (χ0n) is 12.5. The Hall–Kier alpha value is -1.66. The van der Waals surface area contributed by atoms with Crippen molar-refractivity contribution in [3.63, 3.8) is 0 Å². The van der Waals surface area contributed by atoms with Crippen molar-refractivity contribution in [3.05, 3.63) is 38.9 Å². The minimum Gasteiger partial charge on any atom is -0.337 e. The normalized spacial score (nSPS) is 10.7. The summed E-state index contributed by atoms with van der Waals surface area (Å²) in [6.45, 7) is 3.84. The highest BCUT2D eigenvalue weighted by molar-refractivity contribution is 6.35. The van der Waals surface area contributed by atoms with E-state index < -0.39 is 4.92 Å². The van der Waals surface area contributed by atoms with Crippen LogP contribution in [0.25, 0.3) is 0 Å². The number of hydrogen-bond acceptors (Lipinski definition) is 4. The molecule has 1 rings (SSSR count). The van der Waals surface area contributed by atoms with Gasteiger partial charge < -0.3 is 9.80 Å². The van der Waals surface area contributed by atoms with Crippen LogP contribution in [0.2, 0.25) is 5.02 Å². The van der Waals surface area contributed by atoms with Crippen molar-refractivity contribution >= 4 is 23.2 Å². The van der Waals surface area contributed by atoms with Gasteiger partial charge in [-0.1, -0.05) is 24.6 Å². The van der Waals surface area contributed by atoms with Crippen molar-refractivity contribution in [2.75, 3.05) is 33.7 Å². The number of carbonyl (C=O) groups excluding carboxylic acids is 1. The van der Waals surface area contributed by atoms with Gasteiger partial charge in [-0.05, 0) is 26.6 Å². The van der Waals surface area contributed by atoms with Crippen LogP contribution in [0.4, 0.5) is 5.69 Å². The second-order valence-corrected chi connectivity index (χ2v) is 5.37. The fourth-order valence-corrected chi connectivity index (χ4v) is 2.18. The number of hydrogen-bond donors (Lipinski definition) is 0. The highest BCUT2D eigenvalue weighted by Gasteiger charge is 2.23. The second kappa shape index (κ2) is 7.95. The van der Waals surface area contributed by atoms with E-state index in [0.717, 1.165) is 13.0 Å². The van der Waals surface area contributed by atoms with Crippen molar-refractivity contribution in [1.82, 2.24) is 9.80 Å². The Kier molecular flexibility index (Phi) is 6.58. The van der Waals surface area contributed by atoms with E-state index in [0.29, 0.717) is 13.1 Å². The first-order valence-electron chi connectivity index (χ1n) is 6.75. The standard InChI is InChI=1S/C14H20ClN3O3/c1-4-8-17(10-9-16(2)3)14(19)11-6-5-7-12(13(11)15)18(20)21/h5-7H,4,8-10H2,1-3H3. The molecular weight excluding hydrogens is 294 g/mol. The molecule has 0 unspecified atom stereocenters. The molecule has 0 bridgehead atoms. The molecule has 0 N–H and O–H groups in total. The minimum absolute atomic E-state index is 0.0987. The molecule has 0 aliphatic heterocycles. The van der Waals surface area contributed by atoms with E-state index in [1.54, 1.807) is 4.90 Å². The van der Waals surface area contributed by atoms with E-state index in [-0.39, 0.29) is 22.2 Å². The first kappa shape index (κ1) is 17.4. The van der Waals surface area contributed by atoms with Gasteiger partial charge in [0.25, 0.3) is 11.6 Å². The molecule has 0 aliphatic carbocycles. The van der Waals surface area contributed by atoms with E-state index in [4.69, 9.17) is 11.6 Å². The molecular formula is C14H20ClN3O3. The van der Waals surface area contributed by atoms with Gasteiger partial charge in [0, 0.05) is 25.7 Å². The van der Waals surface area contributed by atoms with Crippen molar-refractivity contribution < 1.29 is 9.72 Å². The lowest BCUT2D eigenvalue weighted by atomic mass is 10.1. The maximum atomic E-state index is 12.5. The lowest BCUT2D eigenvalue weighted by Gasteiger charge is -2.24. The molecule has 1 aromatic rings. The average Bonchev–Trinajstić information content (AvgIpc) is 2.42. The van der Waals surface area contributed by atoms with Gasteiger partial charge in [-0.2, -0.15) is 0 Å². The monoisotopic (exact) mass is 313 g/mol. The number of rotatable bonds is 7. The van der Waals surface area contributed by atoms with Crippen LogP contribution in [-0.4, -0.2) is 54.4 Å². The van der Waals surface area contributed by atoms with Gasteiger partial charge >= 0.3 is 0 Å². The van der Waals surface area contributed by atoms with Crippen molar-refractivity contribution in [2.45, 2.75) is 13.3 Å². The Morgan fingerprint density at radius 1 is 1.29 bits per heavy atom. The van der Waals surface area contributed by atoms with Crippen LogP contribution < -0.4 is 0 Å². The molecule has 0 saturated heterocycles. The molecule has 0 atom stereocenters. The molecule has 0 aliphatic rings. The van der Waals surface area contributed by atoms with Crippen LogP contribution in [0.5, 0.6) is 0 Å². The van der Waals surface area contributed by atoms with E-state index in [9.17, 15) is 14.9 Å². The smallest absolute Gasteiger partial charge is 0.288 e. The third-order valence-electron chi connectivity index (χ3n) is 3.00. The molecule has 0 spiro atoms. The number of halogens is 1. The molecule has 0 heterocycles. The predicted molar refractivity (Wildman–Crippen MR) is 82.9 cm³/mol. The minimum atomic E-state index is -0.580. The third-order valence-corrected chi connectivity index (χ3v) is 3.40. The summed E-state index contributed by atoms with van der Waals surface area (Å²) in [6.07, 6.45) is 0.811. The van der Waals surface area contributed by atoms with E-state index >= 15 is 0 Å². The second-order valence-electron chi connectivity index (χ2n) is 4.99. The molecule has 0 saturated carbocycles. The van der Waals surface area contributed by atoms with E-state index in [2.05, 4.69) is 0 Å². The average molecular weight is 314 g/mol. The Balaban J connectivity index is 3.03. The van der Waals surface area contributed by atoms with E-state index in [1.807, 2.05) is 25.9 Å². The quantitative estimate of drug-likeness (QED) is 0.573. The Bertz CT molecular complexity index is 520. The van der Waals surface area contributed by atoms with Gasteiger partial charge in [0.05, 0.1) is 10.5 Å². The number of nitrogens with zero attached hydrogens (tertiary/aromatic N) is 3. The number of nitro benzene ring substituents is 1. The Morgan fingerprint density at radius 3 is 2.48 bits per heavy atom. The molecule has 0 radical (unpaired) electrons. The Labute approximate surface area is 129 Å². The van der Waals surface area contributed by atoms with Gasteiger partial charge in [0.1, 0.15) is 5.02 Å². The lowest BCUT2D eigenvalue weighted by molar-refractivity contribution is -0.384. The van der Waals surface area contributed by atoms with Crippen molar-refractivity contribution in [3.8, 4) is 0 Å². The van der Waals surface area contributed by atoms with Gasteiger partial charge in [0.2, 0.25) is 0 Å². The number of amides is 1. The fraction of sp³-hybridized carbons (Fsp3) is 0.500. The highest BCUT2D eigenvalue weighted by Crippen LogP contribution is 2.28. The third kappa shape index (κ3) is 4.68. The molecule has 1 aromatic carbocycles. The number of likely N-dealkylation sites (N-methyl/N-ethyl adjacent to an activating group) is 1. The molecule has 1 amide bonds. The summed E-state index contributed by atoms with van der Waals surface area (Å²) in [6, 6.07) is 4.30. The molecule has 6 nitrogen and oxygen atoms in total. The van der Waals surface area contributed by atoms with Crippen molar-refractivity contribution in [1.29, 1.82) is 0 Å². The highest BCUT2D eigenvalue weighted by atomic mass is 35.5. The van der Waals surface area contributed by atoms with Crippen LogP contribution in [0.3, 0.4) is 0 Å². The van der Waals surface area contributed by atoms with Gasteiger partial charge in [-0.15, -0.1) is 0 Å². The van der Waals surface area contributed by atoms with Crippen LogP contribution in [0.15, 0.2) is 18.2 Å². The summed E-state index contributed by atoms with van der Waals surface area (Å²) in [5, 5.41) is 10.8. The van der Waals surface area contributed by atoms with Gasteiger partial charge in [0.15, 0.2) is 0 Å². The number of nitro groups is 1. The summed E-state index contributed by atoms with van der Waals surface area (Å²) >= 11 is 6.01. The topological polar surface area (TPSA) is 66.7 Å². The van der Waals surface area contributed by atoms with Gasteiger partial charge in [-0.25, -0.2) is 0 Å². The zero-order chi connectivity index (χ0) is 16.0. The lowest BCUT2D eigenvalue weighted by Crippen LogP contribution is -2.37. The summed E-state index contributed by atoms with van der Waals surface area (Å²) in [5.41, 5.74) is -0.0651. The molecule has 21 heavy (non-hydrogen) atoms. The van der Waals surface area contributed by atoms with Crippen LogP contribution in [0.1, 0.15) is 23.7 Å². The largest absolute Gasteiger partial charge is 0.337 e. The first-order chi connectivity index (χ1) is 9.88. The van der Waals surface area contributed by atoms with Crippen LogP contribution in [0, 0.1) is 10.1 Å². The molecule has 0 fully saturated rings. The van der Waals surface area contributed by atoms with Crippen LogP contribution >= 0.6 is 11.6 Å². The first-order valence-corrected chi connectivity index (χ1v) is 7.13. The maximum absolute atomic E-state index is 12.5. The zero-order valence-corrected chi connectivity index (χ0v) is 13.3. The summed E-state index contributed by atoms with van der Waals surface area (Å²) in [4.78, 5) is 26.5. The van der Waals surface area contributed by atoms with Crippen molar-refractivity contribution in [2.24, 2.45) is 0 Å². The SMILES string of the molecule is CCCN(CCN(C)C)C(=O)c1cccc([N+](=O)[O-])c1Cl. The predicted octanol–water partition coefficient (Wildman–Crippen LogP) is 2.66. The maximum Gasteiger partial charge on any atom is 0.288 e. The molecule has 0 aromatic heterocycles. The summed E-state index contributed by atoms with van der Waals surface area (Å²) in [7, 11) is 3.85. The Morgan fingerprint density at radius 2 is 1.95 bits per heavy atom. The van der Waals surface area contributed by atoms with Crippen LogP contribution in [-0.2, 0) is 0 Å². The summed E-state index contributed by atoms with van der Waals surface area (Å²) < 4.78 is 0. The fourth-order valence-electron chi connectivity index (χ4n) is 1.90. The molecule has 7 heteroatoms.